The molecule has 0 atom stereocenters. The van der Waals surface area contributed by atoms with Gasteiger partial charge in [0, 0.05) is 6.54 Å². The van der Waals surface area contributed by atoms with Crippen molar-refractivity contribution in [2.75, 3.05) is 6.54 Å². The first-order chi connectivity index (χ1) is 9.12. The third kappa shape index (κ3) is 2.96. The van der Waals surface area contributed by atoms with Crippen LogP contribution in [-0.2, 0) is 10.2 Å². The molecule has 1 aliphatic carbocycles. The van der Waals surface area contributed by atoms with Gasteiger partial charge in [0.05, 0.1) is 5.41 Å². The summed E-state index contributed by atoms with van der Waals surface area (Å²) in [6, 6.07) is 6.34. The van der Waals surface area contributed by atoms with E-state index in [4.69, 9.17) is 0 Å². The molecule has 104 valence electrons. The number of rotatable bonds is 6. The molecule has 3 heteroatoms. The SMILES string of the molecule is CCC(CC)CNC(=O)C1(c2ccc(F)cc2)CC1. The van der Waals surface area contributed by atoms with Gasteiger partial charge < -0.3 is 5.32 Å². The lowest BCUT2D eigenvalue weighted by Crippen LogP contribution is -2.37. The van der Waals surface area contributed by atoms with E-state index in [2.05, 4.69) is 19.2 Å². The van der Waals surface area contributed by atoms with E-state index in [0.717, 1.165) is 37.8 Å². The topological polar surface area (TPSA) is 29.1 Å². The number of amides is 1. The maximum atomic E-state index is 12.9. The highest BCUT2D eigenvalue weighted by molar-refractivity contribution is 5.91. The Morgan fingerprint density at radius 2 is 1.84 bits per heavy atom. The number of hydrogen-bond donors (Lipinski definition) is 1. The second-order valence-corrected chi connectivity index (χ2v) is 5.48. The fraction of sp³-hybridized carbons (Fsp3) is 0.562. The molecule has 1 aromatic carbocycles. The quantitative estimate of drug-likeness (QED) is 0.837. The maximum Gasteiger partial charge on any atom is 0.230 e. The number of halogens is 1. The molecule has 19 heavy (non-hydrogen) atoms. The van der Waals surface area contributed by atoms with Gasteiger partial charge in [-0.25, -0.2) is 4.39 Å². The van der Waals surface area contributed by atoms with E-state index in [1.54, 1.807) is 12.1 Å². The van der Waals surface area contributed by atoms with Crippen LogP contribution >= 0.6 is 0 Å². The highest BCUT2D eigenvalue weighted by Crippen LogP contribution is 2.48. The summed E-state index contributed by atoms with van der Waals surface area (Å²) in [7, 11) is 0. The molecular weight excluding hydrogens is 241 g/mol. The molecule has 2 rings (SSSR count). The molecular formula is C16H22FNO. The van der Waals surface area contributed by atoms with E-state index >= 15 is 0 Å². The van der Waals surface area contributed by atoms with Crippen LogP contribution in [0, 0.1) is 11.7 Å². The largest absolute Gasteiger partial charge is 0.355 e. The zero-order valence-corrected chi connectivity index (χ0v) is 11.7. The predicted molar refractivity (Wildman–Crippen MR) is 74.4 cm³/mol. The Hall–Kier alpha value is -1.38. The van der Waals surface area contributed by atoms with Gasteiger partial charge in [0.1, 0.15) is 5.82 Å². The molecule has 0 spiro atoms. The van der Waals surface area contributed by atoms with Crippen molar-refractivity contribution in [1.82, 2.24) is 5.32 Å². The van der Waals surface area contributed by atoms with Crippen molar-refractivity contribution in [3.63, 3.8) is 0 Å². The third-order valence-corrected chi connectivity index (χ3v) is 4.29. The fourth-order valence-electron chi connectivity index (χ4n) is 2.52. The van der Waals surface area contributed by atoms with Gasteiger partial charge in [0.25, 0.3) is 0 Å². The van der Waals surface area contributed by atoms with Crippen molar-refractivity contribution in [2.45, 2.75) is 44.9 Å². The van der Waals surface area contributed by atoms with E-state index in [0.29, 0.717) is 5.92 Å². The molecule has 2 nitrogen and oxygen atoms in total. The Balaban J connectivity index is 2.00. The van der Waals surface area contributed by atoms with Crippen LogP contribution in [0.4, 0.5) is 4.39 Å². The monoisotopic (exact) mass is 263 g/mol. The Kier molecular flexibility index (Phi) is 4.23. The summed E-state index contributed by atoms with van der Waals surface area (Å²) in [6.45, 7) is 5.04. The van der Waals surface area contributed by atoms with Gasteiger partial charge in [0.2, 0.25) is 5.91 Å². The molecule has 1 fully saturated rings. The van der Waals surface area contributed by atoms with Crippen LogP contribution in [0.2, 0.25) is 0 Å². The average Bonchev–Trinajstić information content (AvgIpc) is 3.22. The zero-order valence-electron chi connectivity index (χ0n) is 11.7. The van der Waals surface area contributed by atoms with Gasteiger partial charge in [0.15, 0.2) is 0 Å². The third-order valence-electron chi connectivity index (χ3n) is 4.29. The maximum absolute atomic E-state index is 12.9. The lowest BCUT2D eigenvalue weighted by molar-refractivity contribution is -0.123. The van der Waals surface area contributed by atoms with E-state index in [-0.39, 0.29) is 17.1 Å². The number of benzene rings is 1. The van der Waals surface area contributed by atoms with Crippen LogP contribution in [0.1, 0.15) is 45.1 Å². The average molecular weight is 263 g/mol. The molecule has 0 aromatic heterocycles. The predicted octanol–water partition coefficient (Wildman–Crippen LogP) is 3.41. The first-order valence-corrected chi connectivity index (χ1v) is 7.16. The summed E-state index contributed by atoms with van der Waals surface area (Å²) in [4.78, 5) is 12.3. The van der Waals surface area contributed by atoms with Crippen molar-refractivity contribution in [2.24, 2.45) is 5.92 Å². The minimum atomic E-state index is -0.389. The Morgan fingerprint density at radius 1 is 1.26 bits per heavy atom. The van der Waals surface area contributed by atoms with Gasteiger partial charge in [-0.15, -0.1) is 0 Å². The van der Waals surface area contributed by atoms with Crippen molar-refractivity contribution < 1.29 is 9.18 Å². The highest BCUT2D eigenvalue weighted by atomic mass is 19.1. The lowest BCUT2D eigenvalue weighted by atomic mass is 9.94. The van der Waals surface area contributed by atoms with E-state index in [1.165, 1.54) is 12.1 Å². The lowest BCUT2D eigenvalue weighted by Gasteiger charge is -2.19. The Labute approximate surface area is 114 Å². The van der Waals surface area contributed by atoms with Crippen LogP contribution in [0.15, 0.2) is 24.3 Å². The smallest absolute Gasteiger partial charge is 0.230 e. The fourth-order valence-corrected chi connectivity index (χ4v) is 2.52. The molecule has 1 aliphatic rings. The zero-order chi connectivity index (χ0) is 13.9. The molecule has 1 saturated carbocycles. The summed E-state index contributed by atoms with van der Waals surface area (Å²) in [5.74, 6) is 0.399. The molecule has 0 heterocycles. The molecule has 0 radical (unpaired) electrons. The van der Waals surface area contributed by atoms with Crippen LogP contribution in [0.25, 0.3) is 0 Å². The second kappa shape index (κ2) is 5.72. The van der Waals surface area contributed by atoms with Gasteiger partial charge in [-0.3, -0.25) is 4.79 Å². The summed E-state index contributed by atoms with van der Waals surface area (Å²) < 4.78 is 12.9. The van der Waals surface area contributed by atoms with Crippen LogP contribution in [0.3, 0.4) is 0 Å². The van der Waals surface area contributed by atoms with Gasteiger partial charge >= 0.3 is 0 Å². The molecule has 1 N–H and O–H groups in total. The first kappa shape index (κ1) is 14.0. The number of hydrogen-bond acceptors (Lipinski definition) is 1. The van der Waals surface area contributed by atoms with Crippen molar-refractivity contribution in [1.29, 1.82) is 0 Å². The molecule has 1 amide bonds. The van der Waals surface area contributed by atoms with E-state index in [1.807, 2.05) is 0 Å². The minimum absolute atomic E-state index is 0.103. The molecule has 0 unspecified atom stereocenters. The van der Waals surface area contributed by atoms with Gasteiger partial charge in [-0.2, -0.15) is 0 Å². The minimum Gasteiger partial charge on any atom is -0.355 e. The number of nitrogens with one attached hydrogen (secondary N) is 1. The molecule has 0 saturated heterocycles. The summed E-state index contributed by atoms with van der Waals surface area (Å²) in [5, 5.41) is 3.07. The van der Waals surface area contributed by atoms with Crippen molar-refractivity contribution >= 4 is 5.91 Å². The normalized spacial score (nSPS) is 16.4. The van der Waals surface area contributed by atoms with Gasteiger partial charge in [-0.1, -0.05) is 38.8 Å². The summed E-state index contributed by atoms with van der Waals surface area (Å²) in [5.41, 5.74) is 0.552. The Morgan fingerprint density at radius 3 is 2.32 bits per heavy atom. The van der Waals surface area contributed by atoms with E-state index in [9.17, 15) is 9.18 Å². The highest BCUT2D eigenvalue weighted by Gasteiger charge is 2.51. The van der Waals surface area contributed by atoms with Crippen LogP contribution in [0.5, 0.6) is 0 Å². The molecule has 1 aromatic rings. The van der Waals surface area contributed by atoms with Crippen molar-refractivity contribution in [3.05, 3.63) is 35.6 Å². The standard InChI is InChI=1S/C16H22FNO/c1-3-12(4-2)11-18-15(19)16(9-10-16)13-5-7-14(17)8-6-13/h5-8,12H,3-4,9-11H2,1-2H3,(H,18,19). The summed E-state index contributed by atoms with van der Waals surface area (Å²) >= 11 is 0. The second-order valence-electron chi connectivity index (χ2n) is 5.48. The number of carbonyl (C=O) groups is 1. The van der Waals surface area contributed by atoms with Gasteiger partial charge in [-0.05, 0) is 36.5 Å². The summed E-state index contributed by atoms with van der Waals surface area (Å²) in [6.07, 6.45) is 3.90. The van der Waals surface area contributed by atoms with Crippen LogP contribution in [-0.4, -0.2) is 12.5 Å². The first-order valence-electron chi connectivity index (χ1n) is 7.16. The number of carbonyl (C=O) groups excluding carboxylic acids is 1. The van der Waals surface area contributed by atoms with E-state index < -0.39 is 0 Å². The molecule has 0 aliphatic heterocycles. The van der Waals surface area contributed by atoms with Crippen molar-refractivity contribution in [3.8, 4) is 0 Å². The molecule has 0 bridgehead atoms. The van der Waals surface area contributed by atoms with Crippen LogP contribution < -0.4 is 5.32 Å². The Bertz CT molecular complexity index is 433.